The molecule has 0 atom stereocenters. The van der Waals surface area contributed by atoms with Gasteiger partial charge in [0.15, 0.2) is 0 Å². The Balaban J connectivity index is 1.60. The maximum atomic E-state index is 13.1. The lowest BCUT2D eigenvalue weighted by molar-refractivity contribution is 0.102. The van der Waals surface area contributed by atoms with Gasteiger partial charge in [0.25, 0.3) is 5.91 Å². The van der Waals surface area contributed by atoms with Crippen molar-refractivity contribution in [2.45, 2.75) is 38.1 Å². The number of amides is 1. The highest BCUT2D eigenvalue weighted by atomic mass is 32.2. The summed E-state index contributed by atoms with van der Waals surface area (Å²) >= 11 is 0. The molecule has 0 spiro atoms. The standard InChI is InChI=1S/C25H31N5O3S/c1-3-30(4-2)34(32,33)22-12-13-24(28-15-5-6-16-28)23(18-22)27-25(31)21-10-8-20(9-11-21)19-29-17-7-14-26-29/h7-14,17-18H,3-6,15-16,19H2,1-2H3,(H,27,31). The molecule has 0 saturated carbocycles. The first-order valence-corrected chi connectivity index (χ1v) is 13.1. The van der Waals surface area contributed by atoms with Gasteiger partial charge in [-0.3, -0.25) is 9.48 Å². The average Bonchev–Trinajstić information content (AvgIpc) is 3.55. The molecule has 1 aliphatic heterocycles. The molecule has 1 amide bonds. The fourth-order valence-corrected chi connectivity index (χ4v) is 5.74. The number of carbonyl (C=O) groups is 1. The lowest BCUT2D eigenvalue weighted by atomic mass is 10.1. The van der Waals surface area contributed by atoms with Gasteiger partial charge in [-0.1, -0.05) is 26.0 Å². The summed E-state index contributed by atoms with van der Waals surface area (Å²) in [5, 5.41) is 7.18. The van der Waals surface area contributed by atoms with Gasteiger partial charge in [-0.05, 0) is 54.8 Å². The van der Waals surface area contributed by atoms with Crippen LogP contribution >= 0.6 is 0 Å². The van der Waals surface area contributed by atoms with Crippen molar-refractivity contribution in [3.63, 3.8) is 0 Å². The predicted octanol–water partition coefficient (Wildman–Crippen LogP) is 3.81. The Hall–Kier alpha value is -3.17. The molecule has 0 radical (unpaired) electrons. The first kappa shape index (κ1) is 24.0. The summed E-state index contributed by atoms with van der Waals surface area (Å²) in [4.78, 5) is 15.5. The van der Waals surface area contributed by atoms with Gasteiger partial charge >= 0.3 is 0 Å². The first-order valence-electron chi connectivity index (χ1n) is 11.7. The van der Waals surface area contributed by atoms with Crippen LogP contribution in [0.5, 0.6) is 0 Å². The van der Waals surface area contributed by atoms with E-state index in [9.17, 15) is 13.2 Å². The van der Waals surface area contributed by atoms with Gasteiger partial charge < -0.3 is 10.2 Å². The van der Waals surface area contributed by atoms with Crippen molar-refractivity contribution in [1.29, 1.82) is 0 Å². The SMILES string of the molecule is CCN(CC)S(=O)(=O)c1ccc(N2CCCC2)c(NC(=O)c2ccc(Cn3cccn3)cc2)c1. The third kappa shape index (κ3) is 5.15. The summed E-state index contributed by atoms with van der Waals surface area (Å²) in [6.07, 6.45) is 5.77. The molecule has 1 saturated heterocycles. The molecular formula is C25H31N5O3S. The number of anilines is 2. The Kier molecular flexibility index (Phi) is 7.33. The number of hydrogen-bond donors (Lipinski definition) is 1. The third-order valence-corrected chi connectivity index (χ3v) is 8.17. The fourth-order valence-electron chi connectivity index (χ4n) is 4.26. The summed E-state index contributed by atoms with van der Waals surface area (Å²) in [5.74, 6) is -0.275. The molecule has 0 unspecified atom stereocenters. The van der Waals surface area contributed by atoms with Crippen LogP contribution < -0.4 is 10.2 Å². The second kappa shape index (κ2) is 10.4. The van der Waals surface area contributed by atoms with Crippen molar-refractivity contribution in [1.82, 2.24) is 14.1 Å². The fraction of sp³-hybridized carbons (Fsp3) is 0.360. The van der Waals surface area contributed by atoms with Crippen molar-refractivity contribution < 1.29 is 13.2 Å². The normalized spacial score (nSPS) is 14.0. The minimum atomic E-state index is -3.64. The number of carbonyl (C=O) groups excluding carboxylic acids is 1. The molecule has 1 N–H and O–H groups in total. The van der Waals surface area contributed by atoms with Crippen molar-refractivity contribution in [3.05, 3.63) is 72.1 Å². The average molecular weight is 482 g/mol. The van der Waals surface area contributed by atoms with Crippen LogP contribution in [0.15, 0.2) is 65.8 Å². The van der Waals surface area contributed by atoms with Crippen LogP contribution in [0.4, 0.5) is 11.4 Å². The highest BCUT2D eigenvalue weighted by Crippen LogP contribution is 2.32. The number of nitrogens with one attached hydrogen (secondary N) is 1. The Morgan fingerprint density at radius 2 is 1.76 bits per heavy atom. The van der Waals surface area contributed by atoms with E-state index < -0.39 is 10.0 Å². The second-order valence-electron chi connectivity index (χ2n) is 8.32. The summed E-state index contributed by atoms with van der Waals surface area (Å²) in [6.45, 7) is 6.80. The van der Waals surface area contributed by atoms with Crippen LogP contribution in [0.3, 0.4) is 0 Å². The van der Waals surface area contributed by atoms with E-state index in [-0.39, 0.29) is 10.8 Å². The predicted molar refractivity (Wildman–Crippen MR) is 134 cm³/mol. The number of rotatable bonds is 9. The van der Waals surface area contributed by atoms with E-state index in [4.69, 9.17) is 0 Å². The zero-order valence-electron chi connectivity index (χ0n) is 19.6. The molecule has 8 nitrogen and oxygen atoms in total. The van der Waals surface area contributed by atoms with Crippen LogP contribution in [0.1, 0.15) is 42.6 Å². The van der Waals surface area contributed by atoms with Gasteiger partial charge in [-0.25, -0.2) is 8.42 Å². The van der Waals surface area contributed by atoms with Crippen LogP contribution in [0.25, 0.3) is 0 Å². The summed E-state index contributed by atoms with van der Waals surface area (Å²) in [7, 11) is -3.64. The smallest absolute Gasteiger partial charge is 0.255 e. The Labute approximate surface area is 201 Å². The molecule has 1 aliphatic rings. The van der Waals surface area contributed by atoms with E-state index in [1.807, 2.05) is 49.0 Å². The minimum absolute atomic E-state index is 0.184. The molecule has 9 heteroatoms. The van der Waals surface area contributed by atoms with Gasteiger partial charge in [-0.2, -0.15) is 9.40 Å². The number of sulfonamides is 1. The van der Waals surface area contributed by atoms with E-state index >= 15 is 0 Å². The zero-order chi connectivity index (χ0) is 24.1. The number of hydrogen-bond acceptors (Lipinski definition) is 5. The summed E-state index contributed by atoms with van der Waals surface area (Å²) in [5.41, 5.74) is 2.90. The quantitative estimate of drug-likeness (QED) is 0.502. The van der Waals surface area contributed by atoms with Crippen molar-refractivity contribution in [2.24, 2.45) is 0 Å². The molecule has 180 valence electrons. The van der Waals surface area contributed by atoms with E-state index in [2.05, 4.69) is 15.3 Å². The van der Waals surface area contributed by atoms with Crippen LogP contribution in [-0.2, 0) is 16.6 Å². The molecule has 2 aromatic carbocycles. The highest BCUT2D eigenvalue weighted by molar-refractivity contribution is 7.89. The summed E-state index contributed by atoms with van der Waals surface area (Å²) in [6, 6.07) is 14.3. The number of nitrogens with zero attached hydrogens (tertiary/aromatic N) is 4. The monoisotopic (exact) mass is 481 g/mol. The Morgan fingerprint density at radius 3 is 2.38 bits per heavy atom. The van der Waals surface area contributed by atoms with E-state index in [0.717, 1.165) is 37.2 Å². The molecule has 0 aliphatic carbocycles. The maximum Gasteiger partial charge on any atom is 0.255 e. The minimum Gasteiger partial charge on any atom is -0.370 e. The first-order chi connectivity index (χ1) is 16.4. The van der Waals surface area contributed by atoms with Crippen LogP contribution in [0, 0.1) is 0 Å². The molecule has 3 aromatic rings. The van der Waals surface area contributed by atoms with Gasteiger partial charge in [0.05, 0.1) is 22.8 Å². The molecule has 34 heavy (non-hydrogen) atoms. The van der Waals surface area contributed by atoms with E-state index in [1.165, 1.54) is 4.31 Å². The molecular weight excluding hydrogens is 450 g/mol. The summed E-state index contributed by atoms with van der Waals surface area (Å²) < 4.78 is 29.4. The maximum absolute atomic E-state index is 13.1. The van der Waals surface area contributed by atoms with Gasteiger partial charge in [0.2, 0.25) is 10.0 Å². The largest absolute Gasteiger partial charge is 0.370 e. The molecule has 0 bridgehead atoms. The van der Waals surface area contributed by atoms with Gasteiger partial charge in [-0.15, -0.1) is 0 Å². The number of benzene rings is 2. The van der Waals surface area contributed by atoms with Crippen LogP contribution in [0.2, 0.25) is 0 Å². The van der Waals surface area contributed by atoms with E-state index in [0.29, 0.717) is 30.9 Å². The second-order valence-corrected chi connectivity index (χ2v) is 10.3. The van der Waals surface area contributed by atoms with Gasteiger partial charge in [0, 0.05) is 44.1 Å². The zero-order valence-corrected chi connectivity index (χ0v) is 20.5. The third-order valence-electron chi connectivity index (χ3n) is 6.13. The van der Waals surface area contributed by atoms with Crippen molar-refractivity contribution in [3.8, 4) is 0 Å². The van der Waals surface area contributed by atoms with E-state index in [1.54, 1.807) is 30.5 Å². The lowest BCUT2D eigenvalue weighted by Gasteiger charge is -2.24. The van der Waals surface area contributed by atoms with Crippen LogP contribution in [-0.4, -0.2) is 54.6 Å². The molecule has 1 fully saturated rings. The molecule has 4 rings (SSSR count). The van der Waals surface area contributed by atoms with Crippen molar-refractivity contribution in [2.75, 3.05) is 36.4 Å². The number of aromatic nitrogens is 2. The lowest BCUT2D eigenvalue weighted by Crippen LogP contribution is -2.31. The Bertz CT molecular complexity index is 1210. The van der Waals surface area contributed by atoms with Crippen molar-refractivity contribution >= 4 is 27.3 Å². The molecule has 1 aromatic heterocycles. The van der Waals surface area contributed by atoms with Gasteiger partial charge in [0.1, 0.15) is 0 Å². The Morgan fingerprint density at radius 1 is 1.06 bits per heavy atom. The highest BCUT2D eigenvalue weighted by Gasteiger charge is 2.25. The topological polar surface area (TPSA) is 87.5 Å². The molecule has 2 heterocycles.